The minimum absolute atomic E-state index is 0.0634. The number of hydrogen-bond donors (Lipinski definition) is 1. The molecule has 2 heterocycles. The van der Waals surface area contributed by atoms with E-state index in [4.69, 9.17) is 9.47 Å². The average Bonchev–Trinajstić information content (AvgIpc) is 2.87. The zero-order chi connectivity index (χ0) is 17.8. The van der Waals surface area contributed by atoms with Gasteiger partial charge >= 0.3 is 6.03 Å². The number of carbonyl (C=O) groups excluding carboxylic acids is 2. The fourth-order valence-electron chi connectivity index (χ4n) is 3.35. The molecule has 7 heteroatoms. The first-order valence-electron chi connectivity index (χ1n) is 8.68. The summed E-state index contributed by atoms with van der Waals surface area (Å²) in [4.78, 5) is 27.6. The summed E-state index contributed by atoms with van der Waals surface area (Å²) < 4.78 is 11.1. The van der Waals surface area contributed by atoms with Crippen molar-refractivity contribution in [1.29, 1.82) is 0 Å². The molecule has 1 aromatic rings. The lowest BCUT2D eigenvalue weighted by Crippen LogP contribution is -2.49. The Bertz CT molecular complexity index is 649. The molecule has 1 aromatic carbocycles. The minimum Gasteiger partial charge on any atom is -0.493 e. The fraction of sp³-hybridized carbons (Fsp3) is 0.556. The van der Waals surface area contributed by atoms with Crippen LogP contribution in [0.3, 0.4) is 0 Å². The zero-order valence-electron chi connectivity index (χ0n) is 14.8. The summed E-state index contributed by atoms with van der Waals surface area (Å²) in [6.07, 6.45) is 1.51. The zero-order valence-corrected chi connectivity index (χ0v) is 14.8. The highest BCUT2D eigenvalue weighted by Gasteiger charge is 2.26. The second kappa shape index (κ2) is 7.63. The van der Waals surface area contributed by atoms with Gasteiger partial charge in [-0.3, -0.25) is 4.79 Å². The van der Waals surface area contributed by atoms with Crippen LogP contribution < -0.4 is 14.8 Å². The summed E-state index contributed by atoms with van der Waals surface area (Å²) in [5.74, 6) is 1.55. The molecule has 136 valence electrons. The molecule has 0 unspecified atom stereocenters. The van der Waals surface area contributed by atoms with Crippen LogP contribution in [-0.4, -0.2) is 67.7 Å². The van der Waals surface area contributed by atoms with Gasteiger partial charge < -0.3 is 24.6 Å². The second-order valence-electron chi connectivity index (χ2n) is 6.46. The SMILES string of the molecule is COc1cccc2c1OC[C@@H](NC(=O)N1CCCN(C(C)=O)CC1)C2. The van der Waals surface area contributed by atoms with E-state index in [2.05, 4.69) is 5.32 Å². The molecular formula is C18H25N3O4. The molecule has 7 nitrogen and oxygen atoms in total. The predicted molar refractivity (Wildman–Crippen MR) is 93.0 cm³/mol. The molecule has 1 saturated heterocycles. The van der Waals surface area contributed by atoms with Crippen molar-refractivity contribution >= 4 is 11.9 Å². The Labute approximate surface area is 147 Å². The van der Waals surface area contributed by atoms with Crippen LogP contribution in [-0.2, 0) is 11.2 Å². The summed E-state index contributed by atoms with van der Waals surface area (Å²) in [6, 6.07) is 5.63. The molecule has 0 saturated carbocycles. The summed E-state index contributed by atoms with van der Waals surface area (Å²) in [6.45, 7) is 4.51. The Balaban J connectivity index is 1.58. The number of nitrogens with zero attached hydrogens (tertiary/aromatic N) is 2. The van der Waals surface area contributed by atoms with Gasteiger partial charge in [-0.2, -0.15) is 0 Å². The first-order chi connectivity index (χ1) is 12.1. The van der Waals surface area contributed by atoms with E-state index in [-0.39, 0.29) is 18.0 Å². The molecule has 0 radical (unpaired) electrons. The first kappa shape index (κ1) is 17.4. The lowest BCUT2D eigenvalue weighted by Gasteiger charge is -2.29. The molecule has 1 N–H and O–H groups in total. The van der Waals surface area contributed by atoms with Crippen LogP contribution in [0.15, 0.2) is 18.2 Å². The second-order valence-corrected chi connectivity index (χ2v) is 6.46. The summed E-state index contributed by atoms with van der Waals surface area (Å²) in [7, 11) is 1.62. The lowest BCUT2D eigenvalue weighted by atomic mass is 10.0. The van der Waals surface area contributed by atoms with Crippen LogP contribution in [0.2, 0.25) is 0 Å². The number of nitrogens with one attached hydrogen (secondary N) is 1. The Morgan fingerprint density at radius 1 is 1.20 bits per heavy atom. The lowest BCUT2D eigenvalue weighted by molar-refractivity contribution is -0.128. The molecule has 0 aromatic heterocycles. The van der Waals surface area contributed by atoms with Gasteiger partial charge in [0.15, 0.2) is 11.5 Å². The molecule has 3 rings (SSSR count). The minimum atomic E-state index is -0.0923. The number of urea groups is 1. The van der Waals surface area contributed by atoms with Gasteiger partial charge in [0.1, 0.15) is 6.61 Å². The van der Waals surface area contributed by atoms with Gasteiger partial charge in [0.05, 0.1) is 13.2 Å². The number of benzene rings is 1. The molecule has 2 aliphatic heterocycles. The molecule has 1 atom stereocenters. The van der Waals surface area contributed by atoms with Gasteiger partial charge in [0.2, 0.25) is 5.91 Å². The maximum atomic E-state index is 12.6. The summed E-state index contributed by atoms with van der Waals surface area (Å²) in [5.41, 5.74) is 1.04. The maximum Gasteiger partial charge on any atom is 0.317 e. The quantitative estimate of drug-likeness (QED) is 0.874. The van der Waals surface area contributed by atoms with Gasteiger partial charge in [-0.1, -0.05) is 12.1 Å². The van der Waals surface area contributed by atoms with E-state index < -0.39 is 0 Å². The highest BCUT2D eigenvalue weighted by atomic mass is 16.5. The van der Waals surface area contributed by atoms with Crippen LogP contribution in [0, 0.1) is 0 Å². The van der Waals surface area contributed by atoms with E-state index in [0.29, 0.717) is 39.2 Å². The third kappa shape index (κ3) is 3.97. The van der Waals surface area contributed by atoms with Gasteiger partial charge in [-0.25, -0.2) is 4.79 Å². The highest BCUT2D eigenvalue weighted by Crippen LogP contribution is 2.34. The van der Waals surface area contributed by atoms with E-state index in [9.17, 15) is 9.59 Å². The fourth-order valence-corrected chi connectivity index (χ4v) is 3.35. The third-order valence-electron chi connectivity index (χ3n) is 4.73. The predicted octanol–water partition coefficient (Wildman–Crippen LogP) is 1.26. The molecule has 0 spiro atoms. The Kier molecular flexibility index (Phi) is 5.31. The Morgan fingerprint density at radius 3 is 2.72 bits per heavy atom. The topological polar surface area (TPSA) is 71.1 Å². The van der Waals surface area contributed by atoms with Gasteiger partial charge in [0, 0.05) is 38.7 Å². The van der Waals surface area contributed by atoms with E-state index in [1.807, 2.05) is 18.2 Å². The van der Waals surface area contributed by atoms with Gasteiger partial charge in [-0.05, 0) is 18.9 Å². The Morgan fingerprint density at radius 2 is 1.96 bits per heavy atom. The molecule has 0 bridgehead atoms. The largest absolute Gasteiger partial charge is 0.493 e. The van der Waals surface area contributed by atoms with Crippen molar-refractivity contribution in [1.82, 2.24) is 15.1 Å². The van der Waals surface area contributed by atoms with Crippen molar-refractivity contribution in [3.63, 3.8) is 0 Å². The number of amides is 3. The molecule has 1 fully saturated rings. The number of carbonyl (C=O) groups is 2. The number of hydrogen-bond acceptors (Lipinski definition) is 4. The van der Waals surface area contributed by atoms with Crippen molar-refractivity contribution in [3.8, 4) is 11.5 Å². The smallest absolute Gasteiger partial charge is 0.317 e. The van der Waals surface area contributed by atoms with Crippen LogP contribution in [0.4, 0.5) is 4.79 Å². The number of methoxy groups -OCH3 is 1. The van der Waals surface area contributed by atoms with E-state index >= 15 is 0 Å². The van der Waals surface area contributed by atoms with Gasteiger partial charge in [0.25, 0.3) is 0 Å². The van der Waals surface area contributed by atoms with E-state index in [0.717, 1.165) is 23.5 Å². The van der Waals surface area contributed by atoms with Crippen LogP contribution in [0.25, 0.3) is 0 Å². The summed E-state index contributed by atoms with van der Waals surface area (Å²) >= 11 is 0. The first-order valence-corrected chi connectivity index (χ1v) is 8.68. The van der Waals surface area contributed by atoms with E-state index in [1.54, 1.807) is 23.8 Å². The van der Waals surface area contributed by atoms with Crippen molar-refractivity contribution in [2.24, 2.45) is 0 Å². The summed E-state index contributed by atoms with van der Waals surface area (Å²) in [5, 5.41) is 3.06. The number of para-hydroxylation sites is 1. The highest BCUT2D eigenvalue weighted by molar-refractivity contribution is 5.75. The molecule has 2 aliphatic rings. The average molecular weight is 347 g/mol. The van der Waals surface area contributed by atoms with E-state index in [1.165, 1.54) is 0 Å². The van der Waals surface area contributed by atoms with Crippen LogP contribution in [0.5, 0.6) is 11.5 Å². The van der Waals surface area contributed by atoms with Crippen molar-refractivity contribution in [3.05, 3.63) is 23.8 Å². The monoisotopic (exact) mass is 347 g/mol. The number of fused-ring (bicyclic) bond motifs is 1. The number of rotatable bonds is 2. The molecule has 3 amide bonds. The molecule has 25 heavy (non-hydrogen) atoms. The molecular weight excluding hydrogens is 322 g/mol. The molecule has 0 aliphatic carbocycles. The third-order valence-corrected chi connectivity index (χ3v) is 4.73. The van der Waals surface area contributed by atoms with Crippen molar-refractivity contribution in [2.45, 2.75) is 25.8 Å². The van der Waals surface area contributed by atoms with Gasteiger partial charge in [-0.15, -0.1) is 0 Å². The standard InChI is InChI=1S/C18H25N3O4/c1-13(22)20-7-4-8-21(10-9-20)18(23)19-15-11-14-5-3-6-16(24-2)17(14)25-12-15/h3,5-6,15H,4,7-12H2,1-2H3,(H,19,23)/t15-/m0/s1. The maximum absolute atomic E-state index is 12.6. The van der Waals surface area contributed by atoms with Crippen molar-refractivity contribution < 1.29 is 19.1 Å². The van der Waals surface area contributed by atoms with Crippen LogP contribution in [0.1, 0.15) is 18.9 Å². The normalized spacial score (nSPS) is 20.2. The van der Waals surface area contributed by atoms with Crippen LogP contribution >= 0.6 is 0 Å². The number of ether oxygens (including phenoxy) is 2. The Hall–Kier alpha value is -2.44. The van der Waals surface area contributed by atoms with Crippen molar-refractivity contribution in [2.75, 3.05) is 39.9 Å².